The van der Waals surface area contributed by atoms with Gasteiger partial charge in [-0.2, -0.15) is 0 Å². The fourth-order valence-corrected chi connectivity index (χ4v) is 3.12. The van der Waals surface area contributed by atoms with Crippen LogP contribution in [0.5, 0.6) is 0 Å². The van der Waals surface area contributed by atoms with Crippen molar-refractivity contribution in [2.24, 2.45) is 0 Å². The monoisotopic (exact) mass is 366 g/mol. The number of nitrogens with zero attached hydrogens (tertiary/aromatic N) is 6. The van der Waals surface area contributed by atoms with Crippen molar-refractivity contribution >= 4 is 11.6 Å². The van der Waals surface area contributed by atoms with Crippen molar-refractivity contribution in [2.75, 3.05) is 31.1 Å². The zero-order valence-electron chi connectivity index (χ0n) is 14.9. The Morgan fingerprint density at radius 3 is 2.44 bits per heavy atom. The van der Waals surface area contributed by atoms with Gasteiger partial charge in [-0.25, -0.2) is 4.39 Å². The molecule has 0 saturated carbocycles. The van der Waals surface area contributed by atoms with E-state index in [4.69, 9.17) is 0 Å². The second kappa shape index (κ2) is 7.14. The molecule has 4 rings (SSSR count). The Kier molecular flexibility index (Phi) is 4.53. The molecule has 138 valence electrons. The number of rotatable bonds is 3. The molecule has 1 fully saturated rings. The lowest BCUT2D eigenvalue weighted by atomic mass is 10.2. The molecule has 1 aliphatic rings. The fourth-order valence-electron chi connectivity index (χ4n) is 3.12. The Bertz CT molecular complexity index is 947. The lowest BCUT2D eigenvalue weighted by Gasteiger charge is -2.35. The molecule has 0 bridgehead atoms. The van der Waals surface area contributed by atoms with Crippen molar-refractivity contribution in [2.45, 2.75) is 6.92 Å². The van der Waals surface area contributed by atoms with Crippen LogP contribution < -0.4 is 4.90 Å². The molecule has 1 saturated heterocycles. The first-order chi connectivity index (χ1) is 13.1. The number of aromatic nitrogens is 4. The Balaban J connectivity index is 1.42. The Labute approximate surface area is 156 Å². The summed E-state index contributed by atoms with van der Waals surface area (Å²) >= 11 is 0. The Morgan fingerprint density at radius 2 is 1.74 bits per heavy atom. The van der Waals surface area contributed by atoms with Crippen LogP contribution in [0.15, 0.2) is 48.5 Å². The van der Waals surface area contributed by atoms with E-state index in [0.717, 1.165) is 13.1 Å². The number of hydrogen-bond acceptors (Lipinski definition) is 5. The van der Waals surface area contributed by atoms with E-state index in [0.29, 0.717) is 18.8 Å². The van der Waals surface area contributed by atoms with Crippen LogP contribution in [0.4, 0.5) is 10.1 Å². The van der Waals surface area contributed by atoms with Gasteiger partial charge in [-0.3, -0.25) is 4.79 Å². The first-order valence-electron chi connectivity index (χ1n) is 8.77. The average molecular weight is 366 g/mol. The van der Waals surface area contributed by atoms with Crippen LogP contribution in [0.2, 0.25) is 0 Å². The minimum Gasteiger partial charge on any atom is -0.368 e. The van der Waals surface area contributed by atoms with Gasteiger partial charge in [0.2, 0.25) is 0 Å². The number of halogens is 1. The molecule has 7 nitrogen and oxygen atoms in total. The van der Waals surface area contributed by atoms with Crippen LogP contribution in [-0.2, 0) is 0 Å². The largest absolute Gasteiger partial charge is 0.368 e. The van der Waals surface area contributed by atoms with E-state index in [-0.39, 0.29) is 17.5 Å². The molecular weight excluding hydrogens is 347 g/mol. The normalized spacial score (nSPS) is 14.4. The van der Waals surface area contributed by atoms with Gasteiger partial charge in [0.15, 0.2) is 0 Å². The van der Waals surface area contributed by atoms with Crippen LogP contribution in [0.25, 0.3) is 5.69 Å². The van der Waals surface area contributed by atoms with Crippen molar-refractivity contribution in [3.05, 3.63) is 65.7 Å². The second-order valence-corrected chi connectivity index (χ2v) is 6.50. The van der Waals surface area contributed by atoms with E-state index in [2.05, 4.69) is 45.4 Å². The van der Waals surface area contributed by atoms with Gasteiger partial charge in [0.05, 0.1) is 5.69 Å². The summed E-state index contributed by atoms with van der Waals surface area (Å²) in [5, 5.41) is 11.9. The summed E-state index contributed by atoms with van der Waals surface area (Å²) in [6.45, 7) is 4.76. The molecule has 1 aromatic heterocycles. The summed E-state index contributed by atoms with van der Waals surface area (Å²) in [5.41, 5.74) is 2.93. The zero-order chi connectivity index (χ0) is 18.8. The molecule has 0 atom stereocenters. The zero-order valence-corrected chi connectivity index (χ0v) is 14.9. The van der Waals surface area contributed by atoms with Gasteiger partial charge >= 0.3 is 0 Å². The van der Waals surface area contributed by atoms with Crippen molar-refractivity contribution in [3.63, 3.8) is 0 Å². The summed E-state index contributed by atoms with van der Waals surface area (Å²) < 4.78 is 13.0. The number of hydrogen-bond donors (Lipinski definition) is 0. The minimum absolute atomic E-state index is 0.0448. The Morgan fingerprint density at radius 1 is 1.00 bits per heavy atom. The number of aryl methyl sites for hydroxylation is 1. The highest BCUT2D eigenvalue weighted by Crippen LogP contribution is 2.18. The smallest absolute Gasteiger partial charge is 0.295 e. The van der Waals surface area contributed by atoms with Crippen LogP contribution in [0.1, 0.15) is 16.2 Å². The van der Waals surface area contributed by atoms with E-state index >= 15 is 0 Å². The molecule has 0 unspecified atom stereocenters. The number of piperazine rings is 1. The first kappa shape index (κ1) is 17.1. The highest BCUT2D eigenvalue weighted by molar-refractivity contribution is 5.90. The van der Waals surface area contributed by atoms with Gasteiger partial charge in [0.25, 0.3) is 11.7 Å². The number of benzene rings is 2. The lowest BCUT2D eigenvalue weighted by molar-refractivity contribution is 0.0734. The first-order valence-corrected chi connectivity index (χ1v) is 8.77. The third kappa shape index (κ3) is 3.64. The van der Waals surface area contributed by atoms with Gasteiger partial charge in [0.1, 0.15) is 5.82 Å². The van der Waals surface area contributed by atoms with Crippen molar-refractivity contribution in [3.8, 4) is 5.69 Å². The predicted molar refractivity (Wildman–Crippen MR) is 98.4 cm³/mol. The van der Waals surface area contributed by atoms with Gasteiger partial charge < -0.3 is 9.80 Å². The topological polar surface area (TPSA) is 67.2 Å². The number of anilines is 1. The molecular formula is C19H19FN6O. The summed E-state index contributed by atoms with van der Waals surface area (Å²) in [6.07, 6.45) is 0. The van der Waals surface area contributed by atoms with Gasteiger partial charge in [0, 0.05) is 31.9 Å². The van der Waals surface area contributed by atoms with Crippen molar-refractivity contribution < 1.29 is 9.18 Å². The molecule has 1 amide bonds. The van der Waals surface area contributed by atoms with E-state index < -0.39 is 0 Å². The number of tetrazole rings is 1. The van der Waals surface area contributed by atoms with E-state index in [1.165, 1.54) is 40.3 Å². The molecule has 0 radical (unpaired) electrons. The summed E-state index contributed by atoms with van der Waals surface area (Å²) in [5.74, 6) is -0.544. The molecule has 2 aromatic carbocycles. The predicted octanol–water partition coefficient (Wildman–Crippen LogP) is 2.07. The highest BCUT2D eigenvalue weighted by atomic mass is 19.1. The average Bonchev–Trinajstić information content (AvgIpc) is 3.18. The maximum atomic E-state index is 13.0. The van der Waals surface area contributed by atoms with Crippen molar-refractivity contribution in [1.82, 2.24) is 25.1 Å². The summed E-state index contributed by atoms with van der Waals surface area (Å²) in [4.78, 5) is 17.9. The third-order valence-electron chi connectivity index (χ3n) is 4.60. The number of carbonyl (C=O) groups is 1. The second-order valence-electron chi connectivity index (χ2n) is 6.50. The molecule has 3 aromatic rings. The van der Waals surface area contributed by atoms with Crippen molar-refractivity contribution in [1.29, 1.82) is 0 Å². The lowest BCUT2D eigenvalue weighted by Crippen LogP contribution is -2.49. The number of carbonyl (C=O) groups excluding carboxylic acids is 1. The fraction of sp³-hybridized carbons (Fsp3) is 0.263. The molecule has 1 aliphatic heterocycles. The van der Waals surface area contributed by atoms with E-state index in [9.17, 15) is 9.18 Å². The summed E-state index contributed by atoms with van der Waals surface area (Å²) in [7, 11) is 0. The Hall–Kier alpha value is -3.29. The molecule has 0 spiro atoms. The quantitative estimate of drug-likeness (QED) is 0.710. The molecule has 2 heterocycles. The molecule has 27 heavy (non-hydrogen) atoms. The SMILES string of the molecule is Cc1cccc(N2CCN(C(=O)c3nnn(-c4ccc(F)cc4)n3)CC2)c1. The van der Waals surface area contributed by atoms with Gasteiger partial charge in [-0.05, 0) is 54.1 Å². The highest BCUT2D eigenvalue weighted by Gasteiger charge is 2.25. The van der Waals surface area contributed by atoms with Crippen LogP contribution in [-0.4, -0.2) is 57.2 Å². The number of amides is 1. The van der Waals surface area contributed by atoms with E-state index in [1.54, 1.807) is 4.90 Å². The maximum absolute atomic E-state index is 13.0. The van der Waals surface area contributed by atoms with Gasteiger partial charge in [-0.15, -0.1) is 15.0 Å². The minimum atomic E-state index is -0.346. The standard InChI is InChI=1S/C19H19FN6O/c1-14-3-2-4-17(13-14)24-9-11-25(12-10-24)19(27)18-21-23-26(22-18)16-7-5-15(20)6-8-16/h2-8,13H,9-12H2,1H3. The summed E-state index contributed by atoms with van der Waals surface area (Å²) in [6, 6.07) is 14.0. The van der Waals surface area contributed by atoms with Gasteiger partial charge in [-0.1, -0.05) is 12.1 Å². The van der Waals surface area contributed by atoms with Crippen LogP contribution >= 0.6 is 0 Å². The molecule has 0 aliphatic carbocycles. The molecule has 8 heteroatoms. The van der Waals surface area contributed by atoms with Crippen LogP contribution in [0.3, 0.4) is 0 Å². The third-order valence-corrected chi connectivity index (χ3v) is 4.60. The van der Waals surface area contributed by atoms with Crippen LogP contribution in [0, 0.1) is 12.7 Å². The maximum Gasteiger partial charge on any atom is 0.295 e. The van der Waals surface area contributed by atoms with E-state index in [1.807, 2.05) is 6.07 Å². The molecule has 0 N–H and O–H groups in total.